The van der Waals surface area contributed by atoms with Gasteiger partial charge in [0.15, 0.2) is 5.16 Å². The summed E-state index contributed by atoms with van der Waals surface area (Å²) in [7, 11) is 0. The van der Waals surface area contributed by atoms with E-state index in [0.717, 1.165) is 27.5 Å². The molecule has 0 aliphatic heterocycles. The zero-order chi connectivity index (χ0) is 23.1. The maximum Gasteiger partial charge on any atom is 0.267 e. The first-order valence-electron chi connectivity index (χ1n) is 11.0. The van der Waals surface area contributed by atoms with Gasteiger partial charge in [-0.05, 0) is 48.2 Å². The summed E-state index contributed by atoms with van der Waals surface area (Å²) in [6.07, 6.45) is 1.72. The lowest BCUT2D eigenvalue weighted by Crippen LogP contribution is -2.22. The number of hydrogen-bond donors (Lipinski definition) is 0. The van der Waals surface area contributed by atoms with Gasteiger partial charge in [-0.3, -0.25) is 9.78 Å². The normalized spacial score (nSPS) is 11.4. The minimum Gasteiger partial charge on any atom is -0.268 e. The van der Waals surface area contributed by atoms with Gasteiger partial charge in [0.1, 0.15) is 5.82 Å². The number of aromatic nitrogens is 4. The van der Waals surface area contributed by atoms with Gasteiger partial charge in [-0.2, -0.15) is 0 Å². The first-order chi connectivity index (χ1) is 16.7. The number of rotatable bonds is 4. The summed E-state index contributed by atoms with van der Waals surface area (Å²) in [5.41, 5.74) is 3.51. The number of benzene rings is 3. The Labute approximate surface area is 200 Å². The molecule has 0 radical (unpaired) electrons. The largest absolute Gasteiger partial charge is 0.268 e. The summed E-state index contributed by atoms with van der Waals surface area (Å²) in [6, 6.07) is 27.8. The van der Waals surface area contributed by atoms with Gasteiger partial charge < -0.3 is 0 Å². The molecular weight excluding hydrogens is 440 g/mol. The maximum atomic E-state index is 13.5. The molecule has 3 aromatic carbocycles. The summed E-state index contributed by atoms with van der Waals surface area (Å²) in [5.74, 6) is 1.14. The van der Waals surface area contributed by atoms with Crippen molar-refractivity contribution in [3.05, 3.63) is 113 Å². The van der Waals surface area contributed by atoms with Gasteiger partial charge in [0.2, 0.25) is 0 Å². The van der Waals surface area contributed by atoms with Crippen LogP contribution in [0.4, 0.5) is 0 Å². The standard InChI is InChI=1S/C28H20N4OS/c1-18-14-15-29-26(16-18)32-27(33)22-11-5-7-13-24(22)31-28(32)34-17-25-21-10-3-2-8-19(21)20-9-4-6-12-23(20)30-25/h2-16H,17H2,1H3. The molecule has 0 aliphatic carbocycles. The second-order valence-electron chi connectivity index (χ2n) is 8.15. The lowest BCUT2D eigenvalue weighted by molar-refractivity contribution is 0.794. The Morgan fingerprint density at radius 3 is 2.18 bits per heavy atom. The smallest absolute Gasteiger partial charge is 0.267 e. The third-order valence-corrected chi connectivity index (χ3v) is 6.85. The zero-order valence-corrected chi connectivity index (χ0v) is 19.3. The van der Waals surface area contributed by atoms with Gasteiger partial charge >= 0.3 is 0 Å². The molecule has 0 N–H and O–H groups in total. The third-order valence-electron chi connectivity index (χ3n) is 5.90. The molecule has 6 aromatic rings. The minimum atomic E-state index is -0.123. The second kappa shape index (κ2) is 8.39. The monoisotopic (exact) mass is 460 g/mol. The van der Waals surface area contributed by atoms with Crippen LogP contribution in [0.5, 0.6) is 0 Å². The van der Waals surface area contributed by atoms with E-state index < -0.39 is 0 Å². The maximum absolute atomic E-state index is 13.5. The number of pyridine rings is 2. The predicted octanol–water partition coefficient (Wildman–Crippen LogP) is 6.08. The lowest BCUT2D eigenvalue weighted by atomic mass is 10.0. The van der Waals surface area contributed by atoms with Gasteiger partial charge in [0.25, 0.3) is 5.56 Å². The number of hydrogen-bond acceptors (Lipinski definition) is 5. The van der Waals surface area contributed by atoms with Crippen LogP contribution in [0.2, 0.25) is 0 Å². The molecule has 0 amide bonds. The van der Waals surface area contributed by atoms with Crippen molar-refractivity contribution in [2.24, 2.45) is 0 Å². The van der Waals surface area contributed by atoms with E-state index in [-0.39, 0.29) is 5.56 Å². The molecule has 0 aliphatic rings. The summed E-state index contributed by atoms with van der Waals surface area (Å²) >= 11 is 1.50. The molecule has 0 saturated heterocycles. The van der Waals surface area contributed by atoms with Crippen LogP contribution in [-0.4, -0.2) is 19.5 Å². The Balaban J connectivity index is 1.51. The zero-order valence-electron chi connectivity index (χ0n) is 18.5. The van der Waals surface area contributed by atoms with Gasteiger partial charge in [-0.15, -0.1) is 0 Å². The average Bonchev–Trinajstić information content (AvgIpc) is 2.87. The highest BCUT2D eigenvalue weighted by molar-refractivity contribution is 7.98. The van der Waals surface area contributed by atoms with Crippen LogP contribution in [-0.2, 0) is 5.75 Å². The fraction of sp³-hybridized carbons (Fsp3) is 0.0714. The molecule has 3 heterocycles. The average molecular weight is 461 g/mol. The van der Waals surface area contributed by atoms with E-state index in [1.54, 1.807) is 10.8 Å². The van der Waals surface area contributed by atoms with Gasteiger partial charge in [-0.1, -0.05) is 66.4 Å². The SMILES string of the molecule is Cc1ccnc(-n2c(SCc3nc4ccccc4c4ccccc34)nc3ccccc3c2=O)c1. The predicted molar refractivity (Wildman–Crippen MR) is 139 cm³/mol. The quantitative estimate of drug-likeness (QED) is 0.181. The van der Waals surface area contributed by atoms with E-state index in [0.29, 0.717) is 27.6 Å². The molecule has 0 fully saturated rings. The van der Waals surface area contributed by atoms with Crippen LogP contribution in [0.25, 0.3) is 38.4 Å². The van der Waals surface area contributed by atoms with Gasteiger partial charge in [0, 0.05) is 22.7 Å². The highest BCUT2D eigenvalue weighted by Gasteiger charge is 2.16. The number of fused-ring (bicyclic) bond motifs is 4. The Morgan fingerprint density at radius 2 is 1.41 bits per heavy atom. The van der Waals surface area contributed by atoms with Crippen LogP contribution < -0.4 is 5.56 Å². The van der Waals surface area contributed by atoms with Crippen molar-refractivity contribution in [3.63, 3.8) is 0 Å². The van der Waals surface area contributed by atoms with Crippen LogP contribution in [0, 0.1) is 6.92 Å². The van der Waals surface area contributed by atoms with Crippen molar-refractivity contribution in [3.8, 4) is 5.82 Å². The summed E-state index contributed by atoms with van der Waals surface area (Å²) in [6.45, 7) is 1.99. The Kier molecular flexibility index (Phi) is 5.08. The van der Waals surface area contributed by atoms with E-state index in [1.807, 2.05) is 67.6 Å². The van der Waals surface area contributed by atoms with E-state index in [2.05, 4.69) is 29.2 Å². The summed E-state index contributed by atoms with van der Waals surface area (Å²) in [5, 5.41) is 4.59. The van der Waals surface area contributed by atoms with Crippen molar-refractivity contribution in [2.75, 3.05) is 0 Å². The number of para-hydroxylation sites is 2. The van der Waals surface area contributed by atoms with Crippen LogP contribution in [0.1, 0.15) is 11.3 Å². The summed E-state index contributed by atoms with van der Waals surface area (Å²) < 4.78 is 1.61. The van der Waals surface area contributed by atoms with E-state index in [9.17, 15) is 4.79 Å². The topological polar surface area (TPSA) is 60.7 Å². The van der Waals surface area contributed by atoms with Crippen molar-refractivity contribution in [1.82, 2.24) is 19.5 Å². The van der Waals surface area contributed by atoms with Gasteiger partial charge in [0.05, 0.1) is 22.1 Å². The molecule has 0 atom stereocenters. The molecule has 0 bridgehead atoms. The first-order valence-corrected chi connectivity index (χ1v) is 12.0. The fourth-order valence-corrected chi connectivity index (χ4v) is 5.23. The highest BCUT2D eigenvalue weighted by Crippen LogP contribution is 2.31. The molecule has 164 valence electrons. The number of aryl methyl sites for hydroxylation is 1. The number of nitrogens with zero attached hydrogens (tertiary/aromatic N) is 4. The molecule has 0 unspecified atom stereocenters. The summed E-state index contributed by atoms with van der Waals surface area (Å²) in [4.78, 5) is 27.8. The molecule has 6 heteroatoms. The van der Waals surface area contributed by atoms with Crippen molar-refractivity contribution < 1.29 is 0 Å². The molecule has 0 spiro atoms. The Bertz CT molecular complexity index is 1760. The van der Waals surface area contributed by atoms with Crippen molar-refractivity contribution in [2.45, 2.75) is 17.8 Å². The van der Waals surface area contributed by atoms with E-state index >= 15 is 0 Å². The number of thioether (sulfide) groups is 1. The molecule has 3 aromatic heterocycles. The molecule has 34 heavy (non-hydrogen) atoms. The first kappa shape index (κ1) is 20.6. The fourth-order valence-electron chi connectivity index (χ4n) is 4.27. The van der Waals surface area contributed by atoms with Gasteiger partial charge in [-0.25, -0.2) is 14.5 Å². The molecule has 5 nitrogen and oxygen atoms in total. The molecule has 0 saturated carbocycles. The Morgan fingerprint density at radius 1 is 0.765 bits per heavy atom. The highest BCUT2D eigenvalue weighted by atomic mass is 32.2. The molecular formula is C28H20N4OS. The van der Waals surface area contributed by atoms with Crippen molar-refractivity contribution in [1.29, 1.82) is 0 Å². The van der Waals surface area contributed by atoms with E-state index in [4.69, 9.17) is 9.97 Å². The van der Waals surface area contributed by atoms with E-state index in [1.165, 1.54) is 17.1 Å². The van der Waals surface area contributed by atoms with Crippen molar-refractivity contribution >= 4 is 44.3 Å². The second-order valence-corrected chi connectivity index (χ2v) is 9.10. The third kappa shape index (κ3) is 3.53. The minimum absolute atomic E-state index is 0.123. The molecule has 6 rings (SSSR count). The van der Waals surface area contributed by atoms with Crippen LogP contribution in [0.3, 0.4) is 0 Å². The Hall–Kier alpha value is -4.03. The lowest BCUT2D eigenvalue weighted by Gasteiger charge is -2.14. The van der Waals surface area contributed by atoms with Crippen LogP contribution >= 0.6 is 11.8 Å². The van der Waals surface area contributed by atoms with Crippen LogP contribution in [0.15, 0.2) is 101 Å².